The van der Waals surface area contributed by atoms with Gasteiger partial charge in [-0.15, -0.1) is 0 Å². The zero-order valence-corrected chi connectivity index (χ0v) is 23.4. The van der Waals surface area contributed by atoms with Gasteiger partial charge >= 0.3 is 5.97 Å². The van der Waals surface area contributed by atoms with Gasteiger partial charge in [0.25, 0.3) is 11.1 Å². The number of hydrogen-bond acceptors (Lipinski definition) is 6. The number of amides is 2. The maximum atomic E-state index is 12.9. The molecule has 1 aliphatic rings. The standard InChI is InChI=1S/C28H27BrN2O5S/c1-5-35-27(33)19(4)31-26(32)25(37-28(31)34)15-21-14-17(2)30(18(21)3)23-10-12-24(13-11-23)36-16-20-6-8-22(29)9-7-20/h6-15,19H,5,16H2,1-4H3/b25-15+/t19-/m1/s1. The van der Waals surface area contributed by atoms with Gasteiger partial charge < -0.3 is 14.0 Å². The molecular formula is C28H27BrN2O5S. The quantitative estimate of drug-likeness (QED) is 0.225. The Kier molecular flexibility index (Phi) is 8.24. The van der Waals surface area contributed by atoms with E-state index in [1.54, 1.807) is 13.0 Å². The highest BCUT2D eigenvalue weighted by Crippen LogP contribution is 2.35. The van der Waals surface area contributed by atoms with Crippen LogP contribution in [-0.4, -0.2) is 39.2 Å². The molecule has 0 saturated carbocycles. The van der Waals surface area contributed by atoms with Gasteiger partial charge in [-0.2, -0.15) is 0 Å². The molecule has 7 nitrogen and oxygen atoms in total. The molecule has 1 fully saturated rings. The Hall–Kier alpha value is -3.30. The SMILES string of the molecule is CCOC(=O)[C@@H](C)N1C(=O)S/C(=C/c2cc(C)n(-c3ccc(OCc4ccc(Br)cc4)cc3)c2C)C1=O. The Morgan fingerprint density at radius 3 is 2.41 bits per heavy atom. The second-order valence-corrected chi connectivity index (χ2v) is 10.5. The molecule has 1 atom stereocenters. The summed E-state index contributed by atoms with van der Waals surface area (Å²) in [6.07, 6.45) is 1.71. The first-order valence-corrected chi connectivity index (χ1v) is 13.4. The number of carbonyl (C=O) groups excluding carboxylic acids is 3. The highest BCUT2D eigenvalue weighted by Gasteiger charge is 2.41. The molecule has 0 unspecified atom stereocenters. The zero-order valence-electron chi connectivity index (χ0n) is 21.0. The summed E-state index contributed by atoms with van der Waals surface area (Å²) in [5, 5.41) is -0.482. The summed E-state index contributed by atoms with van der Waals surface area (Å²) in [7, 11) is 0. The number of nitrogens with zero attached hydrogens (tertiary/aromatic N) is 2. The third-order valence-electron chi connectivity index (χ3n) is 6.01. The lowest BCUT2D eigenvalue weighted by Gasteiger charge is -2.19. The van der Waals surface area contributed by atoms with E-state index in [4.69, 9.17) is 9.47 Å². The highest BCUT2D eigenvalue weighted by molar-refractivity contribution is 9.10. The molecule has 2 aromatic carbocycles. The van der Waals surface area contributed by atoms with Crippen molar-refractivity contribution in [2.75, 3.05) is 6.61 Å². The molecule has 1 saturated heterocycles. The number of aryl methyl sites for hydroxylation is 1. The van der Waals surface area contributed by atoms with Crippen molar-refractivity contribution in [3.8, 4) is 11.4 Å². The summed E-state index contributed by atoms with van der Waals surface area (Å²) in [5.41, 5.74) is 4.75. The van der Waals surface area contributed by atoms with Crippen LogP contribution in [0.15, 0.2) is 64.0 Å². The van der Waals surface area contributed by atoms with Crippen LogP contribution in [0.1, 0.15) is 36.4 Å². The summed E-state index contributed by atoms with van der Waals surface area (Å²) in [4.78, 5) is 38.8. The van der Waals surface area contributed by atoms with E-state index in [9.17, 15) is 14.4 Å². The second-order valence-electron chi connectivity index (χ2n) is 8.55. The van der Waals surface area contributed by atoms with E-state index in [2.05, 4.69) is 20.5 Å². The monoisotopic (exact) mass is 582 g/mol. The van der Waals surface area contributed by atoms with Gasteiger partial charge in [-0.05, 0) is 99.1 Å². The number of ether oxygens (including phenoxy) is 2. The van der Waals surface area contributed by atoms with Crippen LogP contribution in [0.25, 0.3) is 11.8 Å². The van der Waals surface area contributed by atoms with E-state index in [-0.39, 0.29) is 11.5 Å². The Morgan fingerprint density at radius 1 is 1.08 bits per heavy atom. The van der Waals surface area contributed by atoms with Crippen LogP contribution in [0.5, 0.6) is 5.75 Å². The van der Waals surface area contributed by atoms with Crippen molar-refractivity contribution < 1.29 is 23.9 Å². The van der Waals surface area contributed by atoms with Gasteiger partial charge in [-0.1, -0.05) is 28.1 Å². The Balaban J connectivity index is 1.51. The number of aromatic nitrogens is 1. The van der Waals surface area contributed by atoms with Crippen molar-refractivity contribution in [3.63, 3.8) is 0 Å². The summed E-state index contributed by atoms with van der Waals surface area (Å²) in [6.45, 7) is 7.77. The first kappa shape index (κ1) is 26.8. The number of hydrogen-bond donors (Lipinski definition) is 0. The molecule has 37 heavy (non-hydrogen) atoms. The minimum absolute atomic E-state index is 0.180. The summed E-state index contributed by atoms with van der Waals surface area (Å²) in [6, 6.07) is 16.8. The smallest absolute Gasteiger partial charge is 0.329 e. The average molecular weight is 584 g/mol. The van der Waals surface area contributed by atoms with Crippen LogP contribution in [-0.2, 0) is 20.9 Å². The van der Waals surface area contributed by atoms with E-state index < -0.39 is 23.2 Å². The van der Waals surface area contributed by atoms with Crippen molar-refractivity contribution in [2.24, 2.45) is 0 Å². The predicted molar refractivity (Wildman–Crippen MR) is 148 cm³/mol. The number of imide groups is 1. The minimum atomic E-state index is -0.977. The van der Waals surface area contributed by atoms with Gasteiger partial charge in [0, 0.05) is 21.5 Å². The average Bonchev–Trinajstić information content (AvgIpc) is 3.31. The summed E-state index contributed by atoms with van der Waals surface area (Å²) in [5.74, 6) is -0.333. The number of rotatable bonds is 8. The number of esters is 1. The van der Waals surface area contributed by atoms with E-state index in [0.29, 0.717) is 6.61 Å². The van der Waals surface area contributed by atoms with Gasteiger partial charge in [-0.25, -0.2) is 4.79 Å². The largest absolute Gasteiger partial charge is 0.489 e. The third-order valence-corrected chi connectivity index (χ3v) is 7.42. The molecule has 4 rings (SSSR count). The zero-order chi connectivity index (χ0) is 26.7. The molecule has 1 aromatic heterocycles. The fourth-order valence-electron chi connectivity index (χ4n) is 4.09. The lowest BCUT2D eigenvalue weighted by Crippen LogP contribution is -2.42. The molecule has 2 amide bonds. The predicted octanol–water partition coefficient (Wildman–Crippen LogP) is 6.42. The van der Waals surface area contributed by atoms with Crippen molar-refractivity contribution >= 4 is 50.9 Å². The normalized spacial score (nSPS) is 15.4. The Morgan fingerprint density at radius 2 is 1.76 bits per heavy atom. The van der Waals surface area contributed by atoms with Crippen LogP contribution < -0.4 is 4.74 Å². The van der Waals surface area contributed by atoms with Crippen LogP contribution in [0.4, 0.5) is 4.79 Å². The molecule has 0 bridgehead atoms. The fourth-order valence-corrected chi connectivity index (χ4v) is 5.26. The highest BCUT2D eigenvalue weighted by atomic mass is 79.9. The van der Waals surface area contributed by atoms with Crippen LogP contribution in [0.2, 0.25) is 0 Å². The van der Waals surface area contributed by atoms with Gasteiger partial charge in [0.05, 0.1) is 11.5 Å². The molecule has 0 radical (unpaired) electrons. The van der Waals surface area contributed by atoms with Crippen LogP contribution >= 0.6 is 27.7 Å². The van der Waals surface area contributed by atoms with Crippen molar-refractivity contribution in [2.45, 2.75) is 40.3 Å². The van der Waals surface area contributed by atoms with Gasteiger partial charge in [0.15, 0.2) is 0 Å². The molecule has 2 heterocycles. The molecule has 0 spiro atoms. The lowest BCUT2D eigenvalue weighted by atomic mass is 10.2. The molecule has 0 aliphatic carbocycles. The minimum Gasteiger partial charge on any atom is -0.489 e. The maximum absolute atomic E-state index is 12.9. The van der Waals surface area contributed by atoms with Crippen molar-refractivity contribution in [1.29, 1.82) is 0 Å². The number of halogens is 1. The molecule has 3 aromatic rings. The van der Waals surface area contributed by atoms with E-state index in [0.717, 1.165) is 55.1 Å². The van der Waals surface area contributed by atoms with Crippen molar-refractivity contribution in [3.05, 3.63) is 86.5 Å². The van der Waals surface area contributed by atoms with Crippen molar-refractivity contribution in [1.82, 2.24) is 9.47 Å². The first-order chi connectivity index (χ1) is 17.7. The lowest BCUT2D eigenvalue weighted by molar-refractivity contribution is -0.150. The molecule has 192 valence electrons. The van der Waals surface area contributed by atoms with Gasteiger partial charge in [0.2, 0.25) is 0 Å². The Labute approximate surface area is 228 Å². The number of thioether (sulfide) groups is 1. The van der Waals surface area contributed by atoms with Crippen LogP contribution in [0, 0.1) is 13.8 Å². The fraction of sp³-hybridized carbons (Fsp3) is 0.250. The topological polar surface area (TPSA) is 77.8 Å². The van der Waals surface area contributed by atoms with E-state index in [1.807, 2.05) is 68.4 Å². The number of benzene rings is 2. The Bertz CT molecular complexity index is 1360. The van der Waals surface area contributed by atoms with Gasteiger partial charge in [-0.3, -0.25) is 14.5 Å². The second kappa shape index (κ2) is 11.4. The van der Waals surface area contributed by atoms with E-state index >= 15 is 0 Å². The summed E-state index contributed by atoms with van der Waals surface area (Å²) >= 11 is 4.26. The van der Waals surface area contributed by atoms with E-state index in [1.165, 1.54) is 6.92 Å². The molecular weight excluding hydrogens is 556 g/mol. The summed E-state index contributed by atoms with van der Waals surface area (Å²) < 4.78 is 14.0. The molecule has 9 heteroatoms. The number of carbonyl (C=O) groups is 3. The van der Waals surface area contributed by atoms with Crippen LogP contribution in [0.3, 0.4) is 0 Å². The third kappa shape index (κ3) is 5.83. The molecule has 1 aliphatic heterocycles. The van der Waals surface area contributed by atoms with Gasteiger partial charge in [0.1, 0.15) is 18.4 Å². The first-order valence-electron chi connectivity index (χ1n) is 11.8. The maximum Gasteiger partial charge on any atom is 0.329 e. The molecule has 0 N–H and O–H groups in total.